The molecule has 0 fully saturated rings. The zero-order chi connectivity index (χ0) is 8.20. The molecule has 0 spiro atoms. The van der Waals surface area contributed by atoms with Crippen molar-refractivity contribution in [1.29, 1.82) is 5.41 Å². The monoisotopic (exact) mass is 142 g/mol. The van der Waals surface area contributed by atoms with Crippen LogP contribution in [0.15, 0.2) is 4.99 Å². The molecule has 0 saturated heterocycles. The molecule has 0 heterocycles. The van der Waals surface area contributed by atoms with E-state index in [1.165, 1.54) is 0 Å². The van der Waals surface area contributed by atoms with Crippen molar-refractivity contribution < 1.29 is 0 Å². The number of hydrogen-bond acceptors (Lipinski definition) is 4. The molecule has 0 bridgehead atoms. The van der Waals surface area contributed by atoms with Gasteiger partial charge in [0, 0.05) is 0 Å². The van der Waals surface area contributed by atoms with Crippen LogP contribution in [-0.2, 0) is 0 Å². The van der Waals surface area contributed by atoms with Gasteiger partial charge in [-0.05, 0) is 13.3 Å². The Morgan fingerprint density at radius 2 is 2.20 bits per heavy atom. The van der Waals surface area contributed by atoms with E-state index in [1.807, 2.05) is 12.9 Å². The van der Waals surface area contributed by atoms with Crippen molar-refractivity contribution in [3.8, 4) is 0 Å². The average molecular weight is 142 g/mol. The lowest BCUT2D eigenvalue weighted by atomic mass is 10.0. The van der Waals surface area contributed by atoms with E-state index in [9.17, 15) is 0 Å². The zero-order valence-corrected chi connectivity index (χ0v) is 6.39. The Hall–Kier alpha value is -0.700. The van der Waals surface area contributed by atoms with Gasteiger partial charge in [-0.15, -0.1) is 0 Å². The molecular formula is C6H14N4. The lowest BCUT2D eigenvalue weighted by Crippen LogP contribution is -2.56. The minimum Gasteiger partial charge on any atom is -0.312 e. The molecule has 0 aliphatic heterocycles. The predicted molar refractivity (Wildman–Crippen MR) is 41.0 cm³/mol. The van der Waals surface area contributed by atoms with Gasteiger partial charge in [0.25, 0.3) is 0 Å². The van der Waals surface area contributed by atoms with Crippen molar-refractivity contribution in [3.63, 3.8) is 0 Å². The quantitative estimate of drug-likeness (QED) is 0.387. The lowest BCUT2D eigenvalue weighted by molar-refractivity contribution is 0.363. The molecule has 1 unspecified atom stereocenters. The van der Waals surface area contributed by atoms with Gasteiger partial charge in [0.05, 0.1) is 17.7 Å². The van der Waals surface area contributed by atoms with Crippen molar-refractivity contribution in [3.05, 3.63) is 0 Å². The predicted octanol–water partition coefficient (Wildman–Crippen LogP) is 0.151. The van der Waals surface area contributed by atoms with Gasteiger partial charge >= 0.3 is 0 Å². The molecule has 0 aliphatic carbocycles. The van der Waals surface area contributed by atoms with Gasteiger partial charge in [-0.2, -0.15) is 0 Å². The summed E-state index contributed by atoms with van der Waals surface area (Å²) in [5.74, 6) is 0. The van der Waals surface area contributed by atoms with Gasteiger partial charge < -0.3 is 11.5 Å². The SMILES string of the molecule is CCC(N)(N)C(C)N=C=N. The molecule has 0 aromatic rings. The number of aliphatic imine (C=N–C) groups is 1. The molecule has 1 atom stereocenters. The Balaban J connectivity index is 4.16. The fraction of sp³-hybridized carbons (Fsp3) is 0.833. The van der Waals surface area contributed by atoms with Crippen molar-refractivity contribution in [1.82, 2.24) is 0 Å². The Morgan fingerprint density at radius 3 is 2.50 bits per heavy atom. The first kappa shape index (κ1) is 9.30. The third kappa shape index (κ3) is 2.27. The third-order valence-electron chi connectivity index (χ3n) is 1.65. The third-order valence-corrected chi connectivity index (χ3v) is 1.65. The molecule has 5 N–H and O–H groups in total. The van der Waals surface area contributed by atoms with Crippen molar-refractivity contribution in [2.24, 2.45) is 16.5 Å². The first-order valence-electron chi connectivity index (χ1n) is 3.24. The maximum Gasteiger partial charge on any atom is 0.0890 e. The van der Waals surface area contributed by atoms with Crippen LogP contribution in [0.1, 0.15) is 20.3 Å². The summed E-state index contributed by atoms with van der Waals surface area (Å²) in [4.78, 5) is 3.63. The zero-order valence-electron chi connectivity index (χ0n) is 6.39. The largest absolute Gasteiger partial charge is 0.312 e. The summed E-state index contributed by atoms with van der Waals surface area (Å²) < 4.78 is 0. The molecule has 4 heteroatoms. The summed E-state index contributed by atoms with van der Waals surface area (Å²) in [6.07, 6.45) is 0.638. The Kier molecular flexibility index (Phi) is 3.22. The van der Waals surface area contributed by atoms with Gasteiger partial charge in [0.2, 0.25) is 0 Å². The van der Waals surface area contributed by atoms with E-state index in [0.29, 0.717) is 6.42 Å². The molecule has 4 nitrogen and oxygen atoms in total. The topological polar surface area (TPSA) is 88.2 Å². The summed E-state index contributed by atoms with van der Waals surface area (Å²) >= 11 is 0. The highest BCUT2D eigenvalue weighted by Gasteiger charge is 2.23. The minimum atomic E-state index is -0.798. The second-order valence-corrected chi connectivity index (χ2v) is 2.38. The van der Waals surface area contributed by atoms with Crippen LogP contribution in [0.2, 0.25) is 0 Å². The van der Waals surface area contributed by atoms with Gasteiger partial charge in [0.15, 0.2) is 0 Å². The van der Waals surface area contributed by atoms with Crippen LogP contribution >= 0.6 is 0 Å². The van der Waals surface area contributed by atoms with Crippen LogP contribution in [0.25, 0.3) is 0 Å². The molecule has 0 radical (unpaired) electrons. The van der Waals surface area contributed by atoms with E-state index in [2.05, 4.69) is 4.99 Å². The molecule has 0 amide bonds. The molecule has 0 saturated carbocycles. The minimum absolute atomic E-state index is 0.241. The van der Waals surface area contributed by atoms with Gasteiger partial charge in [0.1, 0.15) is 0 Å². The summed E-state index contributed by atoms with van der Waals surface area (Å²) in [7, 11) is 0. The van der Waals surface area contributed by atoms with Crippen LogP contribution in [0, 0.1) is 5.41 Å². The summed E-state index contributed by atoms with van der Waals surface area (Å²) in [5, 5.41) is 6.56. The van der Waals surface area contributed by atoms with E-state index >= 15 is 0 Å². The van der Waals surface area contributed by atoms with E-state index in [4.69, 9.17) is 16.9 Å². The van der Waals surface area contributed by atoms with E-state index < -0.39 is 5.66 Å². The maximum absolute atomic E-state index is 6.56. The fourth-order valence-corrected chi connectivity index (χ4v) is 0.512. The second kappa shape index (κ2) is 3.46. The normalized spacial score (nSPS) is 14.0. The average Bonchev–Trinajstić information content (AvgIpc) is 1.89. The van der Waals surface area contributed by atoms with E-state index in [-0.39, 0.29) is 6.04 Å². The maximum atomic E-state index is 6.56. The van der Waals surface area contributed by atoms with Crippen LogP contribution < -0.4 is 11.5 Å². The number of hydrogen-bond donors (Lipinski definition) is 3. The summed E-state index contributed by atoms with van der Waals surface area (Å²) in [6, 6.07) is 1.68. The van der Waals surface area contributed by atoms with Crippen LogP contribution in [0.4, 0.5) is 0 Å². The van der Waals surface area contributed by atoms with E-state index in [0.717, 1.165) is 0 Å². The fourth-order valence-electron chi connectivity index (χ4n) is 0.512. The van der Waals surface area contributed by atoms with Gasteiger partial charge in [-0.1, -0.05) is 6.92 Å². The van der Waals surface area contributed by atoms with Crippen molar-refractivity contribution >= 4 is 6.01 Å². The highest BCUT2D eigenvalue weighted by molar-refractivity contribution is 5.36. The molecule has 0 aliphatic rings. The molecule has 0 aromatic heterocycles. The molecule has 0 aromatic carbocycles. The molecule has 58 valence electrons. The smallest absolute Gasteiger partial charge is 0.0890 e. The van der Waals surface area contributed by atoms with Crippen LogP contribution in [0.5, 0.6) is 0 Å². The van der Waals surface area contributed by atoms with E-state index in [1.54, 1.807) is 6.92 Å². The number of rotatable bonds is 3. The van der Waals surface area contributed by atoms with Crippen LogP contribution in [0.3, 0.4) is 0 Å². The van der Waals surface area contributed by atoms with Gasteiger partial charge in [-0.3, -0.25) is 0 Å². The second-order valence-electron chi connectivity index (χ2n) is 2.38. The lowest BCUT2D eigenvalue weighted by Gasteiger charge is -2.25. The number of nitrogens with two attached hydrogens (primary N) is 2. The standard InChI is InChI=1S/C6H14N4/c1-3-6(8,9)5(2)10-4-7/h5,7H,3,8-9H2,1-2H3. The number of nitrogens with one attached hydrogen (secondary N) is 1. The Morgan fingerprint density at radius 1 is 1.70 bits per heavy atom. The van der Waals surface area contributed by atoms with Crippen molar-refractivity contribution in [2.75, 3.05) is 0 Å². The summed E-state index contributed by atoms with van der Waals surface area (Å²) in [5.41, 5.74) is 10.4. The molecular weight excluding hydrogens is 128 g/mol. The van der Waals surface area contributed by atoms with Crippen LogP contribution in [-0.4, -0.2) is 17.7 Å². The highest BCUT2D eigenvalue weighted by Crippen LogP contribution is 2.06. The number of nitrogens with zero attached hydrogens (tertiary/aromatic N) is 1. The first-order valence-corrected chi connectivity index (χ1v) is 3.24. The Labute approximate surface area is 60.8 Å². The Bertz CT molecular complexity index is 146. The van der Waals surface area contributed by atoms with Crippen molar-refractivity contribution in [2.45, 2.75) is 32.0 Å². The van der Waals surface area contributed by atoms with Gasteiger partial charge in [-0.25, -0.2) is 10.4 Å². The first-order chi connectivity index (χ1) is 4.54. The summed E-state index contributed by atoms with van der Waals surface area (Å²) in [6.45, 7) is 3.65. The highest BCUT2D eigenvalue weighted by atomic mass is 15.0. The molecule has 10 heavy (non-hydrogen) atoms. The molecule has 0 rings (SSSR count).